The molecule has 1 aromatic heterocycles. The Morgan fingerprint density at radius 3 is 2.57 bits per heavy atom. The summed E-state index contributed by atoms with van der Waals surface area (Å²) in [7, 11) is 0. The number of nitrogens with zero attached hydrogens (tertiary/aromatic N) is 1. The lowest BCUT2D eigenvalue weighted by molar-refractivity contribution is 0.202. The molecular weight excluding hydrogens is 336 g/mol. The molecule has 0 aliphatic heterocycles. The third-order valence-electron chi connectivity index (χ3n) is 3.60. The van der Waals surface area contributed by atoms with Crippen LogP contribution >= 0.6 is 23.2 Å². The lowest BCUT2D eigenvalue weighted by Crippen LogP contribution is -2.07. The van der Waals surface area contributed by atoms with Gasteiger partial charge in [0, 0.05) is 22.2 Å². The van der Waals surface area contributed by atoms with E-state index in [9.17, 15) is 4.39 Å². The van der Waals surface area contributed by atoms with Crippen molar-refractivity contribution in [2.24, 2.45) is 0 Å². The van der Waals surface area contributed by atoms with Gasteiger partial charge >= 0.3 is 0 Å². The predicted molar refractivity (Wildman–Crippen MR) is 91.8 cm³/mol. The van der Waals surface area contributed by atoms with Gasteiger partial charge in [0.1, 0.15) is 17.7 Å². The zero-order valence-corrected chi connectivity index (χ0v) is 13.9. The highest BCUT2D eigenvalue weighted by molar-refractivity contribution is 6.38. The van der Waals surface area contributed by atoms with E-state index in [-0.39, 0.29) is 11.9 Å². The molecule has 0 radical (unpaired) electrons. The van der Waals surface area contributed by atoms with Crippen molar-refractivity contribution in [2.75, 3.05) is 0 Å². The molecule has 118 valence electrons. The van der Waals surface area contributed by atoms with Gasteiger partial charge in [0.15, 0.2) is 0 Å². The van der Waals surface area contributed by atoms with E-state index in [1.165, 1.54) is 12.1 Å². The second kappa shape index (κ2) is 6.73. The average Bonchev–Trinajstić information content (AvgIpc) is 2.53. The van der Waals surface area contributed by atoms with E-state index in [2.05, 4.69) is 4.98 Å². The summed E-state index contributed by atoms with van der Waals surface area (Å²) in [6.45, 7) is 2.02. The molecule has 0 aliphatic rings. The maximum atomic E-state index is 13.0. The first kappa shape index (κ1) is 16.0. The summed E-state index contributed by atoms with van der Waals surface area (Å²) < 4.78 is 19.0. The Kier molecular flexibility index (Phi) is 4.69. The molecule has 23 heavy (non-hydrogen) atoms. The minimum atomic E-state index is -0.294. The van der Waals surface area contributed by atoms with Crippen LogP contribution in [0.25, 0.3) is 10.9 Å². The molecule has 0 saturated heterocycles. The fraction of sp³-hybridized carbons (Fsp3) is 0.167. The maximum absolute atomic E-state index is 13.0. The van der Waals surface area contributed by atoms with Crippen molar-refractivity contribution in [3.63, 3.8) is 0 Å². The molecule has 1 heterocycles. The van der Waals surface area contributed by atoms with E-state index >= 15 is 0 Å². The largest absolute Gasteiger partial charge is 0.486 e. The van der Waals surface area contributed by atoms with E-state index in [1.807, 2.05) is 13.0 Å². The van der Waals surface area contributed by atoms with Crippen LogP contribution in [0.4, 0.5) is 4.39 Å². The SMILES string of the molecule is CCC(Oc1ccc(F)cc1)c1ccnc2cc(Cl)cc(Cl)c12. The summed E-state index contributed by atoms with van der Waals surface area (Å²) in [6.07, 6.45) is 2.22. The first-order valence-corrected chi connectivity index (χ1v) is 8.00. The molecule has 2 aromatic carbocycles. The van der Waals surface area contributed by atoms with Crippen LogP contribution in [0.3, 0.4) is 0 Å². The normalized spacial score (nSPS) is 12.3. The molecular formula is C18H14Cl2FNO. The van der Waals surface area contributed by atoms with Crippen LogP contribution in [0.1, 0.15) is 25.0 Å². The van der Waals surface area contributed by atoms with Gasteiger partial charge in [-0.25, -0.2) is 4.39 Å². The zero-order valence-electron chi connectivity index (χ0n) is 12.4. The van der Waals surface area contributed by atoms with E-state index in [0.717, 1.165) is 22.9 Å². The van der Waals surface area contributed by atoms with Crippen molar-refractivity contribution in [3.05, 3.63) is 70.1 Å². The van der Waals surface area contributed by atoms with Crippen molar-refractivity contribution in [1.29, 1.82) is 0 Å². The summed E-state index contributed by atoms with van der Waals surface area (Å²) >= 11 is 12.4. The van der Waals surface area contributed by atoms with E-state index in [1.54, 1.807) is 30.5 Å². The lowest BCUT2D eigenvalue weighted by Gasteiger charge is -2.20. The lowest BCUT2D eigenvalue weighted by atomic mass is 10.0. The third-order valence-corrected chi connectivity index (χ3v) is 4.12. The monoisotopic (exact) mass is 349 g/mol. The second-order valence-corrected chi connectivity index (χ2v) is 5.99. The minimum Gasteiger partial charge on any atom is -0.486 e. The molecule has 5 heteroatoms. The Morgan fingerprint density at radius 1 is 1.13 bits per heavy atom. The van der Waals surface area contributed by atoms with Crippen LogP contribution in [0.2, 0.25) is 10.0 Å². The number of ether oxygens (including phenoxy) is 1. The van der Waals surface area contributed by atoms with Gasteiger partial charge in [-0.05, 0) is 48.9 Å². The number of rotatable bonds is 4. The number of fused-ring (bicyclic) bond motifs is 1. The van der Waals surface area contributed by atoms with Gasteiger partial charge in [0.25, 0.3) is 0 Å². The highest BCUT2D eigenvalue weighted by atomic mass is 35.5. The number of benzene rings is 2. The minimum absolute atomic E-state index is 0.218. The van der Waals surface area contributed by atoms with Gasteiger partial charge in [-0.15, -0.1) is 0 Å². The number of hydrogen-bond acceptors (Lipinski definition) is 2. The molecule has 0 bridgehead atoms. The zero-order chi connectivity index (χ0) is 16.4. The molecule has 0 amide bonds. The molecule has 3 rings (SSSR count). The first-order chi connectivity index (χ1) is 11.1. The Hall–Kier alpha value is -1.84. The molecule has 1 atom stereocenters. The van der Waals surface area contributed by atoms with Gasteiger partial charge in [-0.2, -0.15) is 0 Å². The van der Waals surface area contributed by atoms with Crippen molar-refractivity contribution in [2.45, 2.75) is 19.4 Å². The molecule has 3 aromatic rings. The van der Waals surface area contributed by atoms with Gasteiger partial charge < -0.3 is 4.74 Å². The topological polar surface area (TPSA) is 22.1 Å². The summed E-state index contributed by atoms with van der Waals surface area (Å²) in [6, 6.07) is 11.3. The number of hydrogen-bond donors (Lipinski definition) is 0. The summed E-state index contributed by atoms with van der Waals surface area (Å²) in [4.78, 5) is 4.32. The Bertz CT molecular complexity index is 836. The Morgan fingerprint density at radius 2 is 1.87 bits per heavy atom. The highest BCUT2D eigenvalue weighted by Gasteiger charge is 2.17. The van der Waals surface area contributed by atoms with E-state index in [4.69, 9.17) is 27.9 Å². The van der Waals surface area contributed by atoms with Crippen LogP contribution in [-0.4, -0.2) is 4.98 Å². The first-order valence-electron chi connectivity index (χ1n) is 7.24. The predicted octanol–water partition coefficient (Wildman–Crippen LogP) is 6.21. The Labute approximate surface area is 143 Å². The molecule has 0 fully saturated rings. The van der Waals surface area contributed by atoms with Crippen LogP contribution in [0.15, 0.2) is 48.7 Å². The molecule has 0 spiro atoms. The molecule has 0 saturated carbocycles. The van der Waals surface area contributed by atoms with Gasteiger partial charge in [0.2, 0.25) is 0 Å². The number of halogens is 3. The smallest absolute Gasteiger partial charge is 0.124 e. The van der Waals surface area contributed by atoms with E-state index in [0.29, 0.717) is 15.8 Å². The van der Waals surface area contributed by atoms with Crippen LogP contribution < -0.4 is 4.74 Å². The third kappa shape index (κ3) is 3.41. The summed E-state index contributed by atoms with van der Waals surface area (Å²) in [5.41, 5.74) is 1.66. The van der Waals surface area contributed by atoms with Crippen molar-refractivity contribution >= 4 is 34.1 Å². The fourth-order valence-electron chi connectivity index (χ4n) is 2.54. The van der Waals surface area contributed by atoms with Gasteiger partial charge in [-0.1, -0.05) is 30.1 Å². The Balaban J connectivity index is 2.04. The van der Waals surface area contributed by atoms with Gasteiger partial charge in [0.05, 0.1) is 10.5 Å². The summed E-state index contributed by atoms with van der Waals surface area (Å²) in [5.74, 6) is 0.311. The molecule has 2 nitrogen and oxygen atoms in total. The van der Waals surface area contributed by atoms with Crippen LogP contribution in [0, 0.1) is 5.82 Å². The van der Waals surface area contributed by atoms with E-state index < -0.39 is 0 Å². The standard InChI is InChI=1S/C18H14Cl2FNO/c1-2-17(23-13-5-3-12(21)4-6-13)14-7-8-22-16-10-11(19)9-15(20)18(14)16/h3-10,17H,2H2,1H3. The fourth-order valence-corrected chi connectivity index (χ4v) is 3.13. The molecule has 0 aliphatic carbocycles. The second-order valence-electron chi connectivity index (χ2n) is 5.15. The maximum Gasteiger partial charge on any atom is 0.124 e. The highest BCUT2D eigenvalue weighted by Crippen LogP contribution is 2.35. The number of aromatic nitrogens is 1. The van der Waals surface area contributed by atoms with Crippen molar-refractivity contribution in [3.8, 4) is 5.75 Å². The summed E-state index contributed by atoms with van der Waals surface area (Å²) in [5, 5.41) is 1.91. The average molecular weight is 350 g/mol. The number of pyridine rings is 1. The van der Waals surface area contributed by atoms with Crippen molar-refractivity contribution < 1.29 is 9.13 Å². The quantitative estimate of drug-likeness (QED) is 0.558. The van der Waals surface area contributed by atoms with Crippen LogP contribution in [0.5, 0.6) is 5.75 Å². The van der Waals surface area contributed by atoms with Crippen molar-refractivity contribution in [1.82, 2.24) is 4.98 Å². The van der Waals surface area contributed by atoms with Crippen LogP contribution in [-0.2, 0) is 0 Å². The van der Waals surface area contributed by atoms with Gasteiger partial charge in [-0.3, -0.25) is 4.98 Å². The molecule has 1 unspecified atom stereocenters. The molecule has 0 N–H and O–H groups in total.